The number of likely N-dealkylation sites (tertiary alicyclic amines) is 2. The maximum atomic E-state index is 15.0. The molecule has 5 rings (SSSR count). The second-order valence-corrected chi connectivity index (χ2v) is 11.4. The number of halogens is 2. The summed E-state index contributed by atoms with van der Waals surface area (Å²) in [5.41, 5.74) is 1.01. The molecule has 1 aromatic heterocycles. The van der Waals surface area contributed by atoms with E-state index in [4.69, 9.17) is 9.97 Å². The third-order valence-electron chi connectivity index (χ3n) is 8.72. The molecule has 1 aromatic carbocycles. The standard InChI is InChI=1S/C29H35F2N7O2/c1-17-12-21(8-10-37(17)24(39)13-30)38-15-23-26(29(28(38)40)9-11-36(4)16-29)34-19(3)35-27(23)33-18(2)22-7-5-6-20(14-32)25(22)31/h5-7,17-18,21H,8-13,15-16H2,1-4H3,(H,33,34,35)/t17-,18-,21?,29?/m1/s1. The van der Waals surface area contributed by atoms with Crippen LogP contribution in [0.25, 0.3) is 0 Å². The van der Waals surface area contributed by atoms with Gasteiger partial charge in [-0.3, -0.25) is 9.59 Å². The first-order valence-electron chi connectivity index (χ1n) is 13.8. The van der Waals surface area contributed by atoms with Crippen LogP contribution in [0.2, 0.25) is 0 Å². The lowest BCUT2D eigenvalue weighted by Gasteiger charge is -2.47. The molecule has 2 amide bonds. The molecular weight excluding hydrogens is 516 g/mol. The minimum atomic E-state index is -1.03. The molecule has 9 nitrogen and oxygen atoms in total. The summed E-state index contributed by atoms with van der Waals surface area (Å²) in [7, 11) is 1.99. The maximum absolute atomic E-state index is 15.0. The fourth-order valence-electron chi connectivity index (χ4n) is 6.67. The fraction of sp³-hybridized carbons (Fsp3) is 0.552. The molecule has 3 aliphatic rings. The van der Waals surface area contributed by atoms with Crippen molar-refractivity contribution in [2.45, 2.75) is 70.1 Å². The normalized spacial score (nSPS) is 25.6. The average molecular weight is 552 g/mol. The summed E-state index contributed by atoms with van der Waals surface area (Å²) in [6.07, 6.45) is 1.72. The number of carbonyl (C=O) groups excluding carboxylic acids is 2. The second-order valence-electron chi connectivity index (χ2n) is 11.4. The number of likely N-dealkylation sites (N-methyl/N-ethyl adjacent to an activating group) is 1. The molecule has 0 aliphatic carbocycles. The molecular formula is C29H35F2N7O2. The van der Waals surface area contributed by atoms with Crippen molar-refractivity contribution in [3.05, 3.63) is 52.2 Å². The lowest BCUT2D eigenvalue weighted by molar-refractivity contribution is -0.145. The number of benzene rings is 1. The van der Waals surface area contributed by atoms with E-state index >= 15 is 4.39 Å². The number of nitriles is 1. The maximum Gasteiger partial charge on any atom is 0.254 e. The van der Waals surface area contributed by atoms with Crippen LogP contribution in [-0.4, -0.2) is 81.9 Å². The number of amides is 2. The Hall–Kier alpha value is -3.65. The van der Waals surface area contributed by atoms with E-state index in [0.29, 0.717) is 55.3 Å². The minimum absolute atomic E-state index is 0.0246. The third kappa shape index (κ3) is 4.68. The first-order valence-corrected chi connectivity index (χ1v) is 13.8. The van der Waals surface area contributed by atoms with Crippen molar-refractivity contribution in [3.8, 4) is 6.07 Å². The predicted octanol–water partition coefficient (Wildman–Crippen LogP) is 3.23. The summed E-state index contributed by atoms with van der Waals surface area (Å²) in [6, 6.07) is 5.81. The van der Waals surface area contributed by atoms with Crippen LogP contribution in [0.4, 0.5) is 14.6 Å². The van der Waals surface area contributed by atoms with Crippen LogP contribution in [0.15, 0.2) is 18.2 Å². The van der Waals surface area contributed by atoms with Gasteiger partial charge in [0.25, 0.3) is 5.91 Å². The van der Waals surface area contributed by atoms with Crippen LogP contribution in [-0.2, 0) is 21.5 Å². The number of hydrogen-bond acceptors (Lipinski definition) is 7. The Labute approximate surface area is 233 Å². The molecule has 1 N–H and O–H groups in total. The van der Waals surface area contributed by atoms with Crippen LogP contribution in [0, 0.1) is 24.1 Å². The van der Waals surface area contributed by atoms with Gasteiger partial charge in [0.15, 0.2) is 6.67 Å². The number of nitrogens with zero attached hydrogens (tertiary/aromatic N) is 6. The van der Waals surface area contributed by atoms with E-state index in [1.807, 2.05) is 31.9 Å². The summed E-state index contributed by atoms with van der Waals surface area (Å²) < 4.78 is 28.1. The van der Waals surface area contributed by atoms with Gasteiger partial charge in [0, 0.05) is 36.3 Å². The van der Waals surface area contributed by atoms with Gasteiger partial charge >= 0.3 is 0 Å². The van der Waals surface area contributed by atoms with Gasteiger partial charge in [-0.25, -0.2) is 18.7 Å². The van der Waals surface area contributed by atoms with Gasteiger partial charge in [-0.15, -0.1) is 0 Å². The highest BCUT2D eigenvalue weighted by Gasteiger charge is 2.54. The van der Waals surface area contributed by atoms with Crippen molar-refractivity contribution >= 4 is 17.6 Å². The van der Waals surface area contributed by atoms with Gasteiger partial charge in [0.1, 0.15) is 28.9 Å². The minimum Gasteiger partial charge on any atom is -0.363 e. The lowest BCUT2D eigenvalue weighted by Crippen LogP contribution is -2.59. The Morgan fingerprint density at radius 2 is 2.10 bits per heavy atom. The van der Waals surface area contributed by atoms with Crippen molar-refractivity contribution in [1.82, 2.24) is 24.7 Å². The van der Waals surface area contributed by atoms with Crippen molar-refractivity contribution in [2.24, 2.45) is 0 Å². The number of hydrogen-bond donors (Lipinski definition) is 1. The highest BCUT2D eigenvalue weighted by Crippen LogP contribution is 2.44. The number of fused-ring (bicyclic) bond motifs is 2. The highest BCUT2D eigenvalue weighted by molar-refractivity contribution is 5.91. The van der Waals surface area contributed by atoms with Crippen LogP contribution in [0.3, 0.4) is 0 Å². The number of piperidine rings is 1. The third-order valence-corrected chi connectivity index (χ3v) is 8.72. The van der Waals surface area contributed by atoms with Crippen LogP contribution >= 0.6 is 0 Å². The van der Waals surface area contributed by atoms with E-state index in [-0.39, 0.29) is 30.1 Å². The zero-order valence-electron chi connectivity index (χ0n) is 23.4. The molecule has 2 fully saturated rings. The van der Waals surface area contributed by atoms with Gasteiger partial charge < -0.3 is 20.0 Å². The molecule has 1 spiro atoms. The molecule has 0 radical (unpaired) electrons. The van der Waals surface area contributed by atoms with Crippen molar-refractivity contribution in [3.63, 3.8) is 0 Å². The van der Waals surface area contributed by atoms with E-state index in [1.54, 1.807) is 24.0 Å². The number of rotatable bonds is 5. The Balaban J connectivity index is 1.53. The van der Waals surface area contributed by atoms with E-state index in [2.05, 4.69) is 10.2 Å². The number of nitrogens with one attached hydrogen (secondary N) is 1. The number of carbonyl (C=O) groups is 2. The molecule has 3 aliphatic heterocycles. The Morgan fingerprint density at radius 3 is 2.75 bits per heavy atom. The molecule has 2 aromatic rings. The molecule has 0 bridgehead atoms. The van der Waals surface area contributed by atoms with Gasteiger partial charge in [-0.05, 0) is 59.7 Å². The van der Waals surface area contributed by atoms with Crippen LogP contribution in [0.1, 0.15) is 67.4 Å². The molecule has 40 heavy (non-hydrogen) atoms. The summed E-state index contributed by atoms with van der Waals surface area (Å²) in [5.74, 6) is -0.00869. The second kappa shape index (κ2) is 10.7. The van der Waals surface area contributed by atoms with Gasteiger partial charge in [-0.1, -0.05) is 12.1 Å². The van der Waals surface area contributed by atoms with Crippen molar-refractivity contribution < 1.29 is 18.4 Å². The molecule has 2 saturated heterocycles. The molecule has 4 heterocycles. The quantitative estimate of drug-likeness (QED) is 0.608. The summed E-state index contributed by atoms with van der Waals surface area (Å²) >= 11 is 0. The molecule has 0 saturated carbocycles. The lowest BCUT2D eigenvalue weighted by atomic mass is 9.75. The summed E-state index contributed by atoms with van der Waals surface area (Å²) in [4.78, 5) is 41.5. The van der Waals surface area contributed by atoms with E-state index in [0.717, 1.165) is 12.1 Å². The highest BCUT2D eigenvalue weighted by atomic mass is 19.1. The SMILES string of the molecule is Cc1nc(N[C@H](C)c2cccc(C#N)c2F)c2c(n1)C1(CCN(C)C1)C(=O)N(C1CCN(C(=O)CF)[C@H](C)C1)C2. The number of aryl methyl sites for hydroxylation is 1. The van der Waals surface area contributed by atoms with E-state index in [9.17, 15) is 19.2 Å². The molecule has 212 valence electrons. The fourth-order valence-corrected chi connectivity index (χ4v) is 6.67. The smallest absolute Gasteiger partial charge is 0.254 e. The average Bonchev–Trinajstić information content (AvgIpc) is 3.33. The zero-order chi connectivity index (χ0) is 28.8. The van der Waals surface area contributed by atoms with Gasteiger partial charge in [0.2, 0.25) is 5.91 Å². The molecule has 4 atom stereocenters. The van der Waals surface area contributed by atoms with Gasteiger partial charge in [-0.2, -0.15) is 5.26 Å². The largest absolute Gasteiger partial charge is 0.363 e. The predicted molar refractivity (Wildman–Crippen MR) is 144 cm³/mol. The molecule has 11 heteroatoms. The first kappa shape index (κ1) is 27.9. The zero-order valence-corrected chi connectivity index (χ0v) is 23.4. The van der Waals surface area contributed by atoms with Gasteiger partial charge in [0.05, 0.1) is 23.8 Å². The van der Waals surface area contributed by atoms with Crippen LogP contribution in [0.5, 0.6) is 0 Å². The monoisotopic (exact) mass is 551 g/mol. The number of alkyl halides is 1. The summed E-state index contributed by atoms with van der Waals surface area (Å²) in [6.45, 7) is 6.41. The van der Waals surface area contributed by atoms with Crippen LogP contribution < -0.4 is 5.32 Å². The Bertz CT molecular complexity index is 1380. The van der Waals surface area contributed by atoms with E-state index in [1.165, 1.54) is 6.07 Å². The Morgan fingerprint density at radius 1 is 1.32 bits per heavy atom. The van der Waals surface area contributed by atoms with E-state index < -0.39 is 29.9 Å². The Kier molecular flexibility index (Phi) is 7.48. The number of aromatic nitrogens is 2. The first-order chi connectivity index (χ1) is 19.1. The van der Waals surface area contributed by atoms with Crippen molar-refractivity contribution in [2.75, 3.05) is 38.7 Å². The summed E-state index contributed by atoms with van der Waals surface area (Å²) in [5, 5.41) is 12.7. The van der Waals surface area contributed by atoms with Crippen molar-refractivity contribution in [1.29, 1.82) is 5.26 Å². The topological polar surface area (TPSA) is 105 Å². The number of anilines is 1. The molecule has 2 unspecified atom stereocenters.